The Morgan fingerprint density at radius 2 is 1.88 bits per heavy atom. The van der Waals surface area contributed by atoms with Crippen LogP contribution in [0.25, 0.3) is 0 Å². The van der Waals surface area contributed by atoms with Gasteiger partial charge in [-0.2, -0.15) is 0 Å². The molecule has 4 saturated heterocycles. The molecule has 5 aliphatic heterocycles. The summed E-state index contributed by atoms with van der Waals surface area (Å²) in [7, 11) is 0. The van der Waals surface area contributed by atoms with Gasteiger partial charge in [0.25, 0.3) is 0 Å². The van der Waals surface area contributed by atoms with E-state index in [2.05, 4.69) is 13.0 Å². The summed E-state index contributed by atoms with van der Waals surface area (Å²) < 4.78 is 30.9. The molecule has 0 aromatic rings. The fourth-order valence-corrected chi connectivity index (χ4v) is 9.03. The molecule has 34 heavy (non-hydrogen) atoms. The van der Waals surface area contributed by atoms with Gasteiger partial charge in [-0.05, 0) is 68.6 Å². The molecule has 1 spiro atoms. The molecule has 0 radical (unpaired) electrons. The van der Waals surface area contributed by atoms with E-state index < -0.39 is 17.3 Å². The number of fused-ring (bicyclic) bond motifs is 1. The van der Waals surface area contributed by atoms with Gasteiger partial charge in [0, 0.05) is 11.8 Å². The van der Waals surface area contributed by atoms with Gasteiger partial charge in [0.05, 0.1) is 51.7 Å². The van der Waals surface area contributed by atoms with Crippen LogP contribution < -0.4 is 0 Å². The smallest absolute Gasteiger partial charge is 0.308 e. The van der Waals surface area contributed by atoms with Gasteiger partial charge in [-0.1, -0.05) is 18.6 Å². The van der Waals surface area contributed by atoms with Crippen LogP contribution in [-0.4, -0.2) is 68.2 Å². The summed E-state index contributed by atoms with van der Waals surface area (Å²) in [6.07, 6.45) is 8.16. The molecule has 9 aliphatic rings. The van der Waals surface area contributed by atoms with Crippen LogP contribution in [-0.2, 0) is 28.5 Å². The van der Waals surface area contributed by atoms with Crippen LogP contribution >= 0.6 is 0 Å². The molecule has 0 aromatic carbocycles. The van der Waals surface area contributed by atoms with Crippen molar-refractivity contribution in [2.24, 2.45) is 28.6 Å². The van der Waals surface area contributed by atoms with Crippen molar-refractivity contribution in [3.63, 3.8) is 0 Å². The number of carbonyl (C=O) groups excluding carboxylic acids is 1. The molecule has 7 heteroatoms. The van der Waals surface area contributed by atoms with Crippen molar-refractivity contribution in [1.29, 1.82) is 0 Å². The van der Waals surface area contributed by atoms with E-state index in [4.69, 9.17) is 23.7 Å². The van der Waals surface area contributed by atoms with Crippen molar-refractivity contribution in [3.8, 4) is 0 Å². The number of carbonyl (C=O) groups is 1. The molecule has 7 fully saturated rings. The molecule has 3 saturated carbocycles. The van der Waals surface area contributed by atoms with Gasteiger partial charge in [-0.15, -0.1) is 0 Å². The van der Waals surface area contributed by atoms with Crippen LogP contribution in [0.5, 0.6) is 0 Å². The number of aliphatic hydroxyl groups excluding tert-OH is 1. The van der Waals surface area contributed by atoms with Crippen molar-refractivity contribution in [2.75, 3.05) is 33.0 Å². The van der Waals surface area contributed by atoms with Crippen molar-refractivity contribution in [1.82, 2.24) is 0 Å². The highest BCUT2D eigenvalue weighted by atomic mass is 16.7. The quantitative estimate of drug-likeness (QED) is 0.492. The summed E-state index contributed by atoms with van der Waals surface area (Å²) in [6.45, 7) is 6.61. The Labute approximate surface area is 202 Å². The molecule has 9 rings (SSSR count). The molecule has 1 N–H and O–H groups in total. The van der Waals surface area contributed by atoms with Crippen LogP contribution in [0.4, 0.5) is 0 Å². The lowest BCUT2D eigenvalue weighted by molar-refractivity contribution is -0.344. The van der Waals surface area contributed by atoms with E-state index in [1.54, 1.807) is 0 Å². The molecule has 190 valence electrons. The average molecular weight is 477 g/mol. The summed E-state index contributed by atoms with van der Waals surface area (Å²) in [5.41, 5.74) is 0.845. The fraction of sp³-hybridized carbons (Fsp3) is 0.889. The number of aliphatic hydroxyl groups is 1. The van der Waals surface area contributed by atoms with Crippen LogP contribution in [0.3, 0.4) is 0 Å². The highest BCUT2D eigenvalue weighted by Crippen LogP contribution is 2.68. The first-order chi connectivity index (χ1) is 16.4. The van der Waals surface area contributed by atoms with Gasteiger partial charge in [0.15, 0.2) is 5.79 Å². The lowest BCUT2D eigenvalue weighted by Crippen LogP contribution is -2.65. The number of allylic oxidation sites excluding steroid dienone is 1. The molecule has 9 atom stereocenters. The Morgan fingerprint density at radius 1 is 1.12 bits per heavy atom. The molecule has 8 bridgehead atoms. The monoisotopic (exact) mass is 476 g/mol. The molecule has 0 aromatic heterocycles. The number of hydrogen-bond acceptors (Lipinski definition) is 7. The van der Waals surface area contributed by atoms with E-state index in [1.807, 2.05) is 6.92 Å². The van der Waals surface area contributed by atoms with E-state index in [0.717, 1.165) is 25.7 Å². The average Bonchev–Trinajstić information content (AvgIpc) is 3.17. The first-order valence-corrected chi connectivity index (χ1v) is 13.5. The maximum absolute atomic E-state index is 12.6. The minimum absolute atomic E-state index is 0.0174. The highest BCUT2D eigenvalue weighted by Gasteiger charge is 2.66. The third-order valence-corrected chi connectivity index (χ3v) is 10.5. The second-order valence-corrected chi connectivity index (χ2v) is 11.6. The van der Waals surface area contributed by atoms with Gasteiger partial charge in [-0.3, -0.25) is 4.79 Å². The molecule has 4 aliphatic carbocycles. The van der Waals surface area contributed by atoms with Crippen LogP contribution in [0.15, 0.2) is 11.6 Å². The highest BCUT2D eigenvalue weighted by molar-refractivity contribution is 5.70. The number of hydrogen-bond donors (Lipinski definition) is 1. The van der Waals surface area contributed by atoms with Crippen molar-refractivity contribution in [2.45, 2.75) is 89.3 Å². The minimum Gasteiger partial charge on any atom is -0.466 e. The number of esters is 1. The predicted molar refractivity (Wildman–Crippen MR) is 123 cm³/mol. The Kier molecular flexibility index (Phi) is 5.89. The third kappa shape index (κ3) is 3.30. The first kappa shape index (κ1) is 23.4. The normalized spacial score (nSPS) is 48.3. The van der Waals surface area contributed by atoms with E-state index in [1.165, 1.54) is 12.0 Å². The van der Waals surface area contributed by atoms with Crippen molar-refractivity contribution >= 4 is 5.97 Å². The third-order valence-electron chi connectivity index (χ3n) is 10.5. The molecular weight excluding hydrogens is 436 g/mol. The SMILES string of the molecule is CCOC(=O)CC(O)[C@]12CC3OCCOC34CC1=CC[C@@H]1C2CC[C@]2(C)C(CC[C@H]12)OCCO4. The Morgan fingerprint density at radius 3 is 2.65 bits per heavy atom. The van der Waals surface area contributed by atoms with E-state index in [9.17, 15) is 9.90 Å². The first-order valence-electron chi connectivity index (χ1n) is 13.5. The maximum atomic E-state index is 12.6. The molecule has 0 amide bonds. The Balaban J connectivity index is 1.46. The van der Waals surface area contributed by atoms with E-state index >= 15 is 0 Å². The zero-order chi connectivity index (χ0) is 23.6. The lowest BCUT2D eigenvalue weighted by atomic mass is 9.45. The van der Waals surface area contributed by atoms with Crippen LogP contribution in [0.1, 0.15) is 65.2 Å². The summed E-state index contributed by atoms with van der Waals surface area (Å²) in [4.78, 5) is 12.6. The number of rotatable bonds is 4. The van der Waals surface area contributed by atoms with E-state index in [0.29, 0.717) is 63.6 Å². The van der Waals surface area contributed by atoms with Gasteiger partial charge in [-0.25, -0.2) is 0 Å². The Hall–Kier alpha value is -0.990. The summed E-state index contributed by atoms with van der Waals surface area (Å²) >= 11 is 0. The van der Waals surface area contributed by atoms with Crippen LogP contribution in [0.2, 0.25) is 0 Å². The molecule has 7 nitrogen and oxygen atoms in total. The largest absolute Gasteiger partial charge is 0.466 e. The van der Waals surface area contributed by atoms with Gasteiger partial charge in [0.1, 0.15) is 6.10 Å². The fourth-order valence-electron chi connectivity index (χ4n) is 9.03. The van der Waals surface area contributed by atoms with Crippen molar-refractivity contribution < 1.29 is 33.6 Å². The zero-order valence-corrected chi connectivity index (χ0v) is 20.6. The predicted octanol–water partition coefficient (Wildman–Crippen LogP) is 3.38. The van der Waals surface area contributed by atoms with Gasteiger partial charge in [0.2, 0.25) is 0 Å². The minimum atomic E-state index is -0.845. The lowest BCUT2D eigenvalue weighted by Gasteiger charge is -2.62. The Bertz CT molecular complexity index is 843. The molecule has 5 heterocycles. The standard InChI is InChI=1S/C27H40O7/c1-3-30-24(29)14-21(28)26-16-23-27(34-13-11-32-23)15-17(26)4-5-18-19-6-7-22(31-10-12-33-27)25(19,2)9-8-20(18)26/h4,18-23,28H,3,5-16H2,1-2H3/t18-,19+,20?,21?,22?,23?,25-,26+,27?/m0/s1. The van der Waals surface area contributed by atoms with Gasteiger partial charge >= 0.3 is 5.97 Å². The summed E-state index contributed by atoms with van der Waals surface area (Å²) in [6, 6.07) is 0. The zero-order valence-electron chi connectivity index (χ0n) is 20.6. The van der Waals surface area contributed by atoms with Crippen LogP contribution in [0, 0.1) is 28.6 Å². The second kappa shape index (κ2) is 8.55. The number of ether oxygens (including phenoxy) is 5. The van der Waals surface area contributed by atoms with Crippen molar-refractivity contribution in [3.05, 3.63) is 11.6 Å². The van der Waals surface area contributed by atoms with Gasteiger partial charge < -0.3 is 28.8 Å². The second-order valence-electron chi connectivity index (χ2n) is 11.6. The molecular formula is C27H40O7. The molecule has 5 unspecified atom stereocenters. The summed E-state index contributed by atoms with van der Waals surface area (Å²) in [5, 5.41) is 11.9. The maximum Gasteiger partial charge on any atom is 0.308 e. The topological polar surface area (TPSA) is 83.5 Å². The summed E-state index contributed by atoms with van der Waals surface area (Å²) in [5.74, 6) is 0.178. The van der Waals surface area contributed by atoms with E-state index in [-0.39, 0.29) is 30.0 Å².